The fraction of sp³-hybridized carbons (Fsp3) is 0.0909. The van der Waals surface area contributed by atoms with Crippen molar-refractivity contribution >= 4 is 22.6 Å². The van der Waals surface area contributed by atoms with Gasteiger partial charge in [-0.2, -0.15) is 0 Å². The Bertz CT molecular complexity index is 708. The van der Waals surface area contributed by atoms with Gasteiger partial charge in [0.05, 0.1) is 0 Å². The van der Waals surface area contributed by atoms with E-state index in [2.05, 4.69) is 9.73 Å². The highest BCUT2D eigenvalue weighted by Gasteiger charge is 2.18. The normalized spacial score (nSPS) is 10.6. The molecule has 0 aliphatic heterocycles. The molecule has 0 bridgehead atoms. The lowest BCUT2D eigenvalue weighted by Gasteiger charge is -2.06. The largest absolute Gasteiger partial charge is 0.477 e. The third-order valence-electron chi connectivity index (χ3n) is 2.40. The fourth-order valence-electron chi connectivity index (χ4n) is 1.57. The molecule has 0 atom stereocenters. The van der Waals surface area contributed by atoms with Crippen molar-refractivity contribution in [2.45, 2.75) is 0 Å². The molecule has 0 saturated carbocycles. The second-order valence-corrected chi connectivity index (χ2v) is 3.47. The van der Waals surface area contributed by atoms with E-state index in [-0.39, 0.29) is 5.39 Å². The average molecular weight is 255 g/mol. The number of halogens is 2. The Balaban J connectivity index is 2.90. The number of hydrogen-bond acceptors (Lipinski definition) is 4. The van der Waals surface area contributed by atoms with Crippen LogP contribution in [0.5, 0.6) is 0 Å². The molecule has 18 heavy (non-hydrogen) atoms. The minimum atomic E-state index is -1.52. The van der Waals surface area contributed by atoms with E-state index in [1.807, 2.05) is 0 Å². The van der Waals surface area contributed by atoms with Crippen LogP contribution in [-0.2, 0) is 0 Å². The summed E-state index contributed by atoms with van der Waals surface area (Å²) in [5, 5.41) is 10.9. The van der Waals surface area contributed by atoms with E-state index in [0.29, 0.717) is 0 Å². The molecular weight excluding hydrogens is 248 g/mol. The van der Waals surface area contributed by atoms with Crippen LogP contribution in [0, 0.1) is 11.6 Å². The quantitative estimate of drug-likeness (QED) is 0.800. The zero-order chi connectivity index (χ0) is 13.4. The van der Waals surface area contributed by atoms with Crippen molar-refractivity contribution < 1.29 is 23.1 Å². The second kappa shape index (κ2) is 4.10. The molecule has 5 nitrogen and oxygen atoms in total. The minimum Gasteiger partial charge on any atom is -0.477 e. The molecule has 0 saturated heterocycles. The van der Waals surface area contributed by atoms with Gasteiger partial charge in [-0.1, -0.05) is 0 Å². The summed E-state index contributed by atoms with van der Waals surface area (Å²) < 4.78 is 31.8. The molecule has 1 heterocycles. The molecule has 2 rings (SSSR count). The topological polar surface area (TPSA) is 79.5 Å². The van der Waals surface area contributed by atoms with Crippen LogP contribution in [0.1, 0.15) is 10.4 Å². The number of hydrogen-bond donors (Lipinski definition) is 2. The van der Waals surface area contributed by atoms with Crippen molar-refractivity contribution in [3.05, 3.63) is 39.8 Å². The maximum atomic E-state index is 13.8. The maximum Gasteiger partial charge on any atom is 0.351 e. The number of benzene rings is 1. The van der Waals surface area contributed by atoms with E-state index in [0.717, 1.165) is 12.1 Å². The molecule has 2 N–H and O–H groups in total. The molecule has 0 spiro atoms. The molecule has 0 unspecified atom stereocenters. The van der Waals surface area contributed by atoms with E-state index in [1.165, 1.54) is 7.05 Å². The van der Waals surface area contributed by atoms with Crippen molar-refractivity contribution in [2.75, 3.05) is 12.4 Å². The molecule has 2 aromatic rings. The van der Waals surface area contributed by atoms with E-state index in [4.69, 9.17) is 5.11 Å². The first-order valence-electron chi connectivity index (χ1n) is 4.82. The molecule has 1 aromatic carbocycles. The van der Waals surface area contributed by atoms with Crippen LogP contribution in [0.4, 0.5) is 14.5 Å². The van der Waals surface area contributed by atoms with E-state index < -0.39 is 40.1 Å². The van der Waals surface area contributed by atoms with E-state index >= 15 is 0 Å². The Morgan fingerprint density at radius 3 is 2.61 bits per heavy atom. The highest BCUT2D eigenvalue weighted by Crippen LogP contribution is 2.27. The van der Waals surface area contributed by atoms with Crippen LogP contribution < -0.4 is 10.9 Å². The predicted octanol–water partition coefficient (Wildman–Crippen LogP) is 1.81. The number of carboxylic acid groups (broad SMARTS) is 1. The minimum absolute atomic E-state index is 0.138. The molecule has 0 radical (unpaired) electrons. The molecule has 0 aliphatic rings. The smallest absolute Gasteiger partial charge is 0.351 e. The van der Waals surface area contributed by atoms with Crippen molar-refractivity contribution in [3.8, 4) is 0 Å². The number of carboxylic acids is 1. The Kier molecular flexibility index (Phi) is 2.74. The summed E-state index contributed by atoms with van der Waals surface area (Å²) in [5.74, 6) is -3.52. The van der Waals surface area contributed by atoms with Crippen molar-refractivity contribution in [3.63, 3.8) is 0 Å². The monoisotopic (exact) mass is 255 g/mol. The van der Waals surface area contributed by atoms with Crippen molar-refractivity contribution in [2.24, 2.45) is 0 Å². The Morgan fingerprint density at radius 1 is 1.39 bits per heavy atom. The molecular formula is C11H7F2NO4. The second-order valence-electron chi connectivity index (χ2n) is 3.47. The fourth-order valence-corrected chi connectivity index (χ4v) is 1.57. The first-order valence-corrected chi connectivity index (χ1v) is 4.82. The van der Waals surface area contributed by atoms with Gasteiger partial charge in [-0.25, -0.2) is 18.4 Å². The summed E-state index contributed by atoms with van der Waals surface area (Å²) in [6, 6.07) is 1.76. The number of anilines is 1. The predicted molar refractivity (Wildman–Crippen MR) is 58.9 cm³/mol. The molecule has 0 aliphatic carbocycles. The van der Waals surface area contributed by atoms with Gasteiger partial charge in [0.1, 0.15) is 17.1 Å². The SMILES string of the molecule is CNc1c(F)cc2cc(C(=O)O)c(=O)oc2c1F. The van der Waals surface area contributed by atoms with Crippen LogP contribution in [0.15, 0.2) is 21.3 Å². The third-order valence-corrected chi connectivity index (χ3v) is 2.40. The lowest BCUT2D eigenvalue weighted by atomic mass is 10.1. The Morgan fingerprint density at radius 2 is 2.06 bits per heavy atom. The number of carbonyl (C=O) groups is 1. The lowest BCUT2D eigenvalue weighted by Crippen LogP contribution is -2.13. The van der Waals surface area contributed by atoms with Crippen LogP contribution >= 0.6 is 0 Å². The summed E-state index contributed by atoms with van der Waals surface area (Å²) in [7, 11) is 1.30. The summed E-state index contributed by atoms with van der Waals surface area (Å²) in [6.07, 6.45) is 0. The van der Waals surface area contributed by atoms with Gasteiger partial charge in [0.2, 0.25) is 0 Å². The first-order chi connectivity index (χ1) is 8.45. The van der Waals surface area contributed by atoms with Crippen LogP contribution in [0.3, 0.4) is 0 Å². The standard InChI is InChI=1S/C11H7F2NO4/c1-14-8-6(12)3-4-2-5(10(15)16)11(17)18-9(4)7(8)13/h2-3,14H,1H3,(H,15,16). The lowest BCUT2D eigenvalue weighted by molar-refractivity contribution is 0.0692. The van der Waals surface area contributed by atoms with Gasteiger partial charge >= 0.3 is 11.6 Å². The summed E-state index contributed by atoms with van der Waals surface area (Å²) >= 11 is 0. The first kappa shape index (κ1) is 12.0. The highest BCUT2D eigenvalue weighted by atomic mass is 19.1. The van der Waals surface area contributed by atoms with Crippen molar-refractivity contribution in [1.82, 2.24) is 0 Å². The zero-order valence-electron chi connectivity index (χ0n) is 9.08. The molecule has 0 fully saturated rings. The zero-order valence-corrected chi connectivity index (χ0v) is 9.08. The summed E-state index contributed by atoms with van der Waals surface area (Å²) in [6.45, 7) is 0. The van der Waals surface area contributed by atoms with E-state index in [1.54, 1.807) is 0 Å². The van der Waals surface area contributed by atoms with Gasteiger partial charge in [-0.3, -0.25) is 0 Å². The highest BCUT2D eigenvalue weighted by molar-refractivity contribution is 5.92. The summed E-state index contributed by atoms with van der Waals surface area (Å²) in [4.78, 5) is 22.0. The molecule has 94 valence electrons. The van der Waals surface area contributed by atoms with Crippen LogP contribution in [-0.4, -0.2) is 18.1 Å². The van der Waals surface area contributed by atoms with Gasteiger partial charge < -0.3 is 14.8 Å². The van der Waals surface area contributed by atoms with Gasteiger partial charge in [0.25, 0.3) is 0 Å². The number of aromatic carboxylic acids is 1. The molecule has 1 aromatic heterocycles. The Labute approximate surface area is 98.6 Å². The maximum absolute atomic E-state index is 13.8. The van der Waals surface area contributed by atoms with Crippen LogP contribution in [0.2, 0.25) is 0 Å². The van der Waals surface area contributed by atoms with Crippen molar-refractivity contribution in [1.29, 1.82) is 0 Å². The Hall–Kier alpha value is -2.44. The van der Waals surface area contributed by atoms with Gasteiger partial charge in [-0.15, -0.1) is 0 Å². The average Bonchev–Trinajstić information content (AvgIpc) is 2.30. The van der Waals surface area contributed by atoms with Gasteiger partial charge in [-0.05, 0) is 12.1 Å². The van der Waals surface area contributed by atoms with E-state index in [9.17, 15) is 18.4 Å². The third kappa shape index (κ3) is 1.69. The number of fused-ring (bicyclic) bond motifs is 1. The van der Waals surface area contributed by atoms with Crippen LogP contribution in [0.25, 0.3) is 11.0 Å². The number of rotatable bonds is 2. The number of nitrogens with one attached hydrogen (secondary N) is 1. The summed E-state index contributed by atoms with van der Waals surface area (Å²) in [5.41, 5.74) is -2.81. The molecule has 7 heteroatoms. The van der Waals surface area contributed by atoms with Gasteiger partial charge in [0, 0.05) is 12.4 Å². The molecule has 0 amide bonds. The van der Waals surface area contributed by atoms with Gasteiger partial charge in [0.15, 0.2) is 11.4 Å².